The van der Waals surface area contributed by atoms with Crippen molar-refractivity contribution in [1.82, 2.24) is 10.2 Å². The number of carboxylic acid groups (broad SMARTS) is 1. The minimum absolute atomic E-state index is 0.0711. The van der Waals surface area contributed by atoms with E-state index in [1.54, 1.807) is 13.8 Å². The number of alkyl carbamates (subject to hydrolysis) is 1. The third kappa shape index (κ3) is 4.50. The molecular weight excluding hydrogens is 448 g/mol. The van der Waals surface area contributed by atoms with Gasteiger partial charge >= 0.3 is 12.1 Å². The molecule has 1 aliphatic carbocycles. The maximum Gasteiger partial charge on any atom is 0.407 e. The molecule has 1 saturated heterocycles. The summed E-state index contributed by atoms with van der Waals surface area (Å²) in [4.78, 5) is 39.4. The molecule has 0 bridgehead atoms. The molecule has 2 aromatic rings. The second kappa shape index (κ2) is 9.70. The lowest BCUT2D eigenvalue weighted by molar-refractivity contribution is -0.149. The molecule has 1 heterocycles. The zero-order valence-electron chi connectivity index (χ0n) is 20.5. The summed E-state index contributed by atoms with van der Waals surface area (Å²) in [5, 5.41) is 12.3. The van der Waals surface area contributed by atoms with Gasteiger partial charge in [-0.2, -0.15) is 0 Å². The van der Waals surface area contributed by atoms with Crippen molar-refractivity contribution in [2.75, 3.05) is 26.8 Å². The first-order valence-corrected chi connectivity index (χ1v) is 11.8. The average molecular weight is 481 g/mol. The number of nitrogens with one attached hydrogen (secondary N) is 1. The molecule has 2 aliphatic rings. The second-order valence-electron chi connectivity index (χ2n) is 9.73. The lowest BCUT2D eigenvalue weighted by Crippen LogP contribution is -2.54. The van der Waals surface area contributed by atoms with E-state index in [-0.39, 0.29) is 30.9 Å². The van der Waals surface area contributed by atoms with E-state index in [2.05, 4.69) is 17.4 Å². The van der Waals surface area contributed by atoms with Gasteiger partial charge in [-0.1, -0.05) is 55.5 Å². The number of aliphatic carboxylic acids is 1. The summed E-state index contributed by atoms with van der Waals surface area (Å²) < 4.78 is 11.0. The van der Waals surface area contributed by atoms with E-state index < -0.39 is 29.6 Å². The van der Waals surface area contributed by atoms with Crippen LogP contribution in [0.1, 0.15) is 37.8 Å². The summed E-state index contributed by atoms with van der Waals surface area (Å²) >= 11 is 0. The molecule has 2 amide bonds. The first-order valence-electron chi connectivity index (χ1n) is 11.8. The Morgan fingerprint density at radius 2 is 1.69 bits per heavy atom. The molecule has 2 aromatic carbocycles. The monoisotopic (exact) mass is 480 g/mol. The van der Waals surface area contributed by atoms with Crippen molar-refractivity contribution in [2.24, 2.45) is 11.3 Å². The largest absolute Gasteiger partial charge is 0.481 e. The third-order valence-electron chi connectivity index (χ3n) is 7.63. The molecule has 0 radical (unpaired) electrons. The number of hydrogen-bond acceptors (Lipinski definition) is 5. The van der Waals surface area contributed by atoms with Gasteiger partial charge in [0.2, 0.25) is 5.91 Å². The van der Waals surface area contributed by atoms with E-state index in [1.807, 2.05) is 43.3 Å². The molecule has 0 aromatic heterocycles. The number of carbonyl (C=O) groups excluding carboxylic acids is 2. The first kappa shape index (κ1) is 24.7. The van der Waals surface area contributed by atoms with E-state index in [0.717, 1.165) is 22.3 Å². The van der Waals surface area contributed by atoms with Crippen molar-refractivity contribution in [3.8, 4) is 11.1 Å². The Morgan fingerprint density at radius 1 is 1.11 bits per heavy atom. The van der Waals surface area contributed by atoms with Crippen LogP contribution in [-0.4, -0.2) is 66.9 Å². The van der Waals surface area contributed by atoms with Gasteiger partial charge in [-0.3, -0.25) is 9.59 Å². The molecule has 0 saturated carbocycles. The van der Waals surface area contributed by atoms with Crippen LogP contribution in [0.25, 0.3) is 11.1 Å². The van der Waals surface area contributed by atoms with Crippen LogP contribution in [0.3, 0.4) is 0 Å². The summed E-state index contributed by atoms with van der Waals surface area (Å²) in [5.74, 6) is -1.65. The topological polar surface area (TPSA) is 105 Å². The van der Waals surface area contributed by atoms with Crippen LogP contribution >= 0.6 is 0 Å². The summed E-state index contributed by atoms with van der Waals surface area (Å²) in [7, 11) is 1.46. The lowest BCUT2D eigenvalue weighted by Gasteiger charge is -2.28. The minimum atomic E-state index is -1.04. The molecule has 8 heteroatoms. The number of fused-ring (bicyclic) bond motifs is 3. The predicted octanol–water partition coefficient (Wildman–Crippen LogP) is 3.50. The quantitative estimate of drug-likeness (QED) is 0.629. The SMILES string of the molecule is COC(C)C(NC(=O)OCC1c2ccccc2-c2ccccc21)C(=O)N1C[C@@H](C)[C@](C)(C(=O)O)C1. The van der Waals surface area contributed by atoms with Gasteiger partial charge in [0.25, 0.3) is 0 Å². The van der Waals surface area contributed by atoms with Crippen molar-refractivity contribution in [3.63, 3.8) is 0 Å². The van der Waals surface area contributed by atoms with Gasteiger partial charge in [0, 0.05) is 26.1 Å². The van der Waals surface area contributed by atoms with Crippen LogP contribution in [-0.2, 0) is 19.1 Å². The molecule has 2 N–H and O–H groups in total. The number of nitrogens with zero attached hydrogens (tertiary/aromatic N) is 1. The molecule has 186 valence electrons. The fourth-order valence-electron chi connectivity index (χ4n) is 5.07. The molecule has 35 heavy (non-hydrogen) atoms. The summed E-state index contributed by atoms with van der Waals surface area (Å²) in [6, 6.07) is 15.1. The van der Waals surface area contributed by atoms with Crippen molar-refractivity contribution in [3.05, 3.63) is 59.7 Å². The Bertz CT molecular complexity index is 1090. The Hall–Kier alpha value is -3.39. The Labute approximate surface area is 205 Å². The molecule has 1 fully saturated rings. The number of hydrogen-bond donors (Lipinski definition) is 2. The normalized spacial score (nSPS) is 22.7. The standard InChI is InChI=1S/C27H32N2O6/c1-16-13-29(15-27(16,3)25(31)32)24(30)23(17(2)34-4)28-26(33)35-14-22-20-11-7-5-9-18(20)19-10-6-8-12-21(19)22/h5-12,16-17,22-23H,13-15H2,1-4H3,(H,28,33)(H,31,32)/t16-,17?,23?,27-/m1/s1. The average Bonchev–Trinajstić information content (AvgIpc) is 3.35. The molecular formula is C27H32N2O6. The van der Waals surface area contributed by atoms with Gasteiger partial charge in [-0.05, 0) is 42.0 Å². The molecule has 0 spiro atoms. The van der Waals surface area contributed by atoms with Gasteiger partial charge < -0.3 is 24.8 Å². The maximum atomic E-state index is 13.3. The summed E-state index contributed by atoms with van der Waals surface area (Å²) in [5.41, 5.74) is 3.41. The minimum Gasteiger partial charge on any atom is -0.481 e. The molecule has 4 atom stereocenters. The van der Waals surface area contributed by atoms with Crippen LogP contribution in [0.5, 0.6) is 0 Å². The Morgan fingerprint density at radius 3 is 2.20 bits per heavy atom. The highest BCUT2D eigenvalue weighted by Gasteiger charge is 2.49. The van der Waals surface area contributed by atoms with Gasteiger partial charge in [0.05, 0.1) is 11.5 Å². The Kier molecular flexibility index (Phi) is 6.85. The van der Waals surface area contributed by atoms with Crippen LogP contribution in [0, 0.1) is 11.3 Å². The van der Waals surface area contributed by atoms with Gasteiger partial charge in [-0.25, -0.2) is 4.79 Å². The number of rotatable bonds is 7. The molecule has 8 nitrogen and oxygen atoms in total. The van der Waals surface area contributed by atoms with Crippen LogP contribution in [0.2, 0.25) is 0 Å². The number of amides is 2. The Balaban J connectivity index is 1.45. The molecule has 1 aliphatic heterocycles. The zero-order chi connectivity index (χ0) is 25.3. The second-order valence-corrected chi connectivity index (χ2v) is 9.73. The highest BCUT2D eigenvalue weighted by Crippen LogP contribution is 2.44. The van der Waals surface area contributed by atoms with Gasteiger partial charge in [-0.15, -0.1) is 0 Å². The molecule has 4 rings (SSSR count). The predicted molar refractivity (Wildman–Crippen MR) is 130 cm³/mol. The number of carboxylic acids is 1. The van der Waals surface area contributed by atoms with Gasteiger partial charge in [0.1, 0.15) is 12.6 Å². The van der Waals surface area contributed by atoms with E-state index in [4.69, 9.17) is 9.47 Å². The van der Waals surface area contributed by atoms with E-state index >= 15 is 0 Å². The lowest BCUT2D eigenvalue weighted by atomic mass is 9.81. The fraction of sp³-hybridized carbons (Fsp3) is 0.444. The van der Waals surface area contributed by atoms with Gasteiger partial charge in [0.15, 0.2) is 0 Å². The van der Waals surface area contributed by atoms with Crippen LogP contribution in [0.4, 0.5) is 4.79 Å². The summed E-state index contributed by atoms with van der Waals surface area (Å²) in [6.45, 7) is 5.63. The number of carbonyl (C=O) groups is 3. The smallest absolute Gasteiger partial charge is 0.407 e. The number of ether oxygens (including phenoxy) is 2. The number of methoxy groups -OCH3 is 1. The highest BCUT2D eigenvalue weighted by atomic mass is 16.5. The summed E-state index contributed by atoms with van der Waals surface area (Å²) in [6.07, 6.45) is -1.35. The third-order valence-corrected chi connectivity index (χ3v) is 7.63. The maximum absolute atomic E-state index is 13.3. The zero-order valence-corrected chi connectivity index (χ0v) is 20.5. The van der Waals surface area contributed by atoms with Crippen molar-refractivity contribution >= 4 is 18.0 Å². The van der Waals surface area contributed by atoms with E-state index in [9.17, 15) is 19.5 Å². The van der Waals surface area contributed by atoms with E-state index in [0.29, 0.717) is 6.54 Å². The van der Waals surface area contributed by atoms with Crippen molar-refractivity contribution < 1.29 is 29.0 Å². The van der Waals surface area contributed by atoms with Crippen molar-refractivity contribution in [2.45, 2.75) is 38.8 Å². The first-order chi connectivity index (χ1) is 16.7. The van der Waals surface area contributed by atoms with E-state index in [1.165, 1.54) is 12.0 Å². The molecule has 2 unspecified atom stereocenters. The van der Waals surface area contributed by atoms with Crippen LogP contribution < -0.4 is 5.32 Å². The van der Waals surface area contributed by atoms with Crippen molar-refractivity contribution in [1.29, 1.82) is 0 Å². The fourth-order valence-corrected chi connectivity index (χ4v) is 5.07. The van der Waals surface area contributed by atoms with Crippen LogP contribution in [0.15, 0.2) is 48.5 Å². The number of benzene rings is 2. The highest BCUT2D eigenvalue weighted by molar-refractivity contribution is 5.88. The number of likely N-dealkylation sites (tertiary alicyclic amines) is 1.